The minimum absolute atomic E-state index is 0.0797. The summed E-state index contributed by atoms with van der Waals surface area (Å²) in [4.78, 5) is 41.1. The van der Waals surface area contributed by atoms with Crippen molar-refractivity contribution in [2.75, 3.05) is 47.3 Å². The minimum atomic E-state index is -5.08. The number of para-hydroxylation sites is 1. The van der Waals surface area contributed by atoms with E-state index < -0.39 is 12.1 Å². The average Bonchev–Trinajstić information content (AvgIpc) is 3.33. The van der Waals surface area contributed by atoms with Gasteiger partial charge in [0.25, 0.3) is 5.91 Å². The number of piperazine rings is 1. The van der Waals surface area contributed by atoms with E-state index in [1.807, 2.05) is 29.2 Å². The van der Waals surface area contributed by atoms with Crippen molar-refractivity contribution in [1.82, 2.24) is 23.8 Å². The molecule has 1 N–H and O–H groups in total. The summed E-state index contributed by atoms with van der Waals surface area (Å²) in [6.45, 7) is 7.28. The molecule has 3 aromatic rings. The molecule has 0 unspecified atom stereocenters. The number of aromatic nitrogens is 2. The maximum atomic E-state index is 13.4. The van der Waals surface area contributed by atoms with Gasteiger partial charge in [-0.25, -0.2) is 9.59 Å². The minimum Gasteiger partial charge on any atom is -0.475 e. The smallest absolute Gasteiger partial charge is 0.475 e. The van der Waals surface area contributed by atoms with E-state index >= 15 is 0 Å². The van der Waals surface area contributed by atoms with Crippen LogP contribution in [0.2, 0.25) is 0 Å². The molecule has 12 heteroatoms. The number of halogens is 3. The van der Waals surface area contributed by atoms with Gasteiger partial charge >= 0.3 is 18.2 Å². The van der Waals surface area contributed by atoms with Gasteiger partial charge in [0, 0.05) is 51.7 Å². The highest BCUT2D eigenvalue weighted by atomic mass is 19.4. The van der Waals surface area contributed by atoms with Crippen LogP contribution in [-0.2, 0) is 4.79 Å². The van der Waals surface area contributed by atoms with Crippen LogP contribution in [0, 0.1) is 0 Å². The van der Waals surface area contributed by atoms with Gasteiger partial charge in [-0.1, -0.05) is 18.2 Å². The van der Waals surface area contributed by atoms with Gasteiger partial charge in [0.15, 0.2) is 0 Å². The van der Waals surface area contributed by atoms with Crippen LogP contribution in [0.4, 0.5) is 18.0 Å². The maximum Gasteiger partial charge on any atom is 0.490 e. The topological polar surface area (TPSA) is 91.0 Å². The highest BCUT2D eigenvalue weighted by molar-refractivity contribution is 6.14. The number of likely N-dealkylation sites (N-methyl/N-ethyl adjacent to an activating group) is 1. The SMILES string of the molecule is CC(C)n1c2ccccc2c2c1cc(C(=O)N1CCN(C)CC1)n2C(=O)N(C)C.O=C(O)C(F)(F)F. The first kappa shape index (κ1) is 27.1. The summed E-state index contributed by atoms with van der Waals surface area (Å²) < 4.78 is 35.6. The zero-order valence-corrected chi connectivity index (χ0v) is 20.8. The molecule has 0 atom stereocenters. The van der Waals surface area contributed by atoms with Gasteiger partial charge in [-0.05, 0) is 33.0 Å². The molecule has 2 aromatic heterocycles. The first-order valence-corrected chi connectivity index (χ1v) is 11.4. The predicted octanol–water partition coefficient (Wildman–Crippen LogP) is 3.73. The zero-order valence-electron chi connectivity index (χ0n) is 20.8. The molecule has 0 spiro atoms. The molecule has 4 rings (SSSR count). The molecular weight excluding hydrogens is 479 g/mol. The lowest BCUT2D eigenvalue weighted by Crippen LogP contribution is -2.48. The van der Waals surface area contributed by atoms with Crippen LogP contribution in [0.25, 0.3) is 21.9 Å². The Labute approximate surface area is 206 Å². The molecule has 0 aliphatic carbocycles. The number of amides is 2. The summed E-state index contributed by atoms with van der Waals surface area (Å²) in [5.74, 6) is -2.84. The summed E-state index contributed by atoms with van der Waals surface area (Å²) in [5.41, 5.74) is 3.25. The molecule has 0 bridgehead atoms. The molecule has 36 heavy (non-hydrogen) atoms. The average molecular weight is 510 g/mol. The number of nitrogens with zero attached hydrogens (tertiary/aromatic N) is 5. The van der Waals surface area contributed by atoms with E-state index in [1.54, 1.807) is 18.7 Å². The van der Waals surface area contributed by atoms with E-state index in [0.717, 1.165) is 35.0 Å². The molecular formula is C24H30F3N5O4. The lowest BCUT2D eigenvalue weighted by Gasteiger charge is -2.32. The van der Waals surface area contributed by atoms with Gasteiger partial charge in [0.05, 0.1) is 16.6 Å². The van der Waals surface area contributed by atoms with E-state index in [2.05, 4.69) is 36.4 Å². The quantitative estimate of drug-likeness (QED) is 0.569. The third-order valence-corrected chi connectivity index (χ3v) is 6.00. The summed E-state index contributed by atoms with van der Waals surface area (Å²) in [6, 6.07) is 9.98. The van der Waals surface area contributed by atoms with Crippen molar-refractivity contribution in [3.63, 3.8) is 0 Å². The van der Waals surface area contributed by atoms with Crippen molar-refractivity contribution in [2.24, 2.45) is 0 Å². The standard InChI is InChI=1S/C22H29N5O2.C2HF3O2/c1-15(2)26-17-9-7-6-8-16(17)20-18(26)14-19(27(20)22(29)23(3)4)21(28)25-12-10-24(5)11-13-25;3-2(4,5)1(6)7/h6-9,14-15H,10-13H2,1-5H3;(H,6,7). The van der Waals surface area contributed by atoms with Crippen molar-refractivity contribution in [3.8, 4) is 0 Å². The third-order valence-electron chi connectivity index (χ3n) is 6.00. The Morgan fingerprint density at radius 2 is 1.56 bits per heavy atom. The summed E-state index contributed by atoms with van der Waals surface area (Å²) >= 11 is 0. The van der Waals surface area contributed by atoms with E-state index in [4.69, 9.17) is 9.90 Å². The number of fused-ring (bicyclic) bond motifs is 3. The van der Waals surface area contributed by atoms with Crippen molar-refractivity contribution in [3.05, 3.63) is 36.0 Å². The monoisotopic (exact) mass is 509 g/mol. The second-order valence-electron chi connectivity index (χ2n) is 9.16. The Balaban J connectivity index is 0.000000454. The Bertz CT molecular complexity index is 1280. The number of hydrogen-bond donors (Lipinski definition) is 1. The molecule has 1 aromatic carbocycles. The number of benzene rings is 1. The van der Waals surface area contributed by atoms with E-state index in [1.165, 1.54) is 4.90 Å². The fraction of sp³-hybridized carbons (Fsp3) is 0.458. The Morgan fingerprint density at radius 1 is 1.00 bits per heavy atom. The molecule has 1 saturated heterocycles. The highest BCUT2D eigenvalue weighted by Gasteiger charge is 2.38. The van der Waals surface area contributed by atoms with Gasteiger partial charge in [0.1, 0.15) is 5.69 Å². The molecule has 9 nitrogen and oxygen atoms in total. The zero-order chi connectivity index (χ0) is 26.9. The van der Waals surface area contributed by atoms with Gasteiger partial charge in [-0.2, -0.15) is 13.2 Å². The fourth-order valence-electron chi connectivity index (χ4n) is 4.24. The van der Waals surface area contributed by atoms with Crippen molar-refractivity contribution in [1.29, 1.82) is 0 Å². The lowest BCUT2D eigenvalue weighted by atomic mass is 10.2. The maximum absolute atomic E-state index is 13.4. The normalized spacial score (nSPS) is 14.8. The highest BCUT2D eigenvalue weighted by Crippen LogP contribution is 2.35. The summed E-state index contributed by atoms with van der Waals surface area (Å²) in [5, 5.41) is 8.11. The van der Waals surface area contributed by atoms with Crippen molar-refractivity contribution in [2.45, 2.75) is 26.1 Å². The van der Waals surface area contributed by atoms with Gasteiger partial charge in [-0.3, -0.25) is 9.36 Å². The van der Waals surface area contributed by atoms with Crippen LogP contribution in [0.15, 0.2) is 30.3 Å². The summed E-state index contributed by atoms with van der Waals surface area (Å²) in [7, 11) is 5.51. The van der Waals surface area contributed by atoms with E-state index in [-0.39, 0.29) is 18.0 Å². The molecule has 196 valence electrons. The third kappa shape index (κ3) is 5.18. The number of aliphatic carboxylic acids is 1. The lowest BCUT2D eigenvalue weighted by molar-refractivity contribution is -0.192. The number of carboxylic acids is 1. The molecule has 1 aliphatic heterocycles. The number of carboxylic acid groups (broad SMARTS) is 1. The van der Waals surface area contributed by atoms with Crippen molar-refractivity contribution >= 4 is 39.8 Å². The van der Waals surface area contributed by atoms with Gasteiger partial charge < -0.3 is 24.4 Å². The van der Waals surface area contributed by atoms with Crippen LogP contribution < -0.4 is 0 Å². The number of rotatable bonds is 2. The molecule has 1 fully saturated rings. The molecule has 2 amide bonds. The number of carbonyl (C=O) groups excluding carboxylic acids is 2. The Kier molecular flexibility index (Phi) is 7.68. The largest absolute Gasteiger partial charge is 0.490 e. The van der Waals surface area contributed by atoms with Crippen LogP contribution in [0.1, 0.15) is 30.4 Å². The Morgan fingerprint density at radius 3 is 2.06 bits per heavy atom. The molecule has 0 radical (unpaired) electrons. The van der Waals surface area contributed by atoms with Gasteiger partial charge in [-0.15, -0.1) is 0 Å². The fourth-order valence-corrected chi connectivity index (χ4v) is 4.24. The molecule has 1 aliphatic rings. The summed E-state index contributed by atoms with van der Waals surface area (Å²) in [6.07, 6.45) is -5.08. The van der Waals surface area contributed by atoms with Crippen LogP contribution in [-0.4, -0.2) is 100 Å². The predicted molar refractivity (Wildman–Crippen MR) is 129 cm³/mol. The van der Waals surface area contributed by atoms with E-state index in [0.29, 0.717) is 18.8 Å². The first-order chi connectivity index (χ1) is 16.8. The van der Waals surface area contributed by atoms with Crippen LogP contribution in [0.5, 0.6) is 0 Å². The van der Waals surface area contributed by atoms with Crippen molar-refractivity contribution < 1.29 is 32.7 Å². The number of carbonyl (C=O) groups is 3. The molecule has 3 heterocycles. The van der Waals surface area contributed by atoms with Crippen LogP contribution >= 0.6 is 0 Å². The van der Waals surface area contributed by atoms with Crippen LogP contribution in [0.3, 0.4) is 0 Å². The molecule has 0 saturated carbocycles. The first-order valence-electron chi connectivity index (χ1n) is 11.4. The second kappa shape index (κ2) is 10.2. The van der Waals surface area contributed by atoms with E-state index in [9.17, 15) is 22.8 Å². The second-order valence-corrected chi connectivity index (χ2v) is 9.16. The van der Waals surface area contributed by atoms with Gasteiger partial charge in [0.2, 0.25) is 0 Å². The number of hydrogen-bond acceptors (Lipinski definition) is 4. The number of alkyl halides is 3. The Hall–Kier alpha value is -3.54.